The minimum atomic E-state index is -3.78. The molecule has 0 spiro atoms. The van der Waals surface area contributed by atoms with E-state index in [0.29, 0.717) is 0 Å². The molecule has 2 fully saturated rings. The Bertz CT molecular complexity index is 802. The summed E-state index contributed by atoms with van der Waals surface area (Å²) in [6, 6.07) is 3.93. The maximum Gasteiger partial charge on any atom is 0.269 e. The zero-order chi connectivity index (χ0) is 18.7. The van der Waals surface area contributed by atoms with Gasteiger partial charge in [-0.1, -0.05) is 30.9 Å². The average Bonchev–Trinajstić information content (AvgIpc) is 3.43. The van der Waals surface area contributed by atoms with Crippen molar-refractivity contribution in [3.63, 3.8) is 0 Å². The highest BCUT2D eigenvalue weighted by atomic mass is 35.5. The van der Waals surface area contributed by atoms with Crippen molar-refractivity contribution in [2.75, 3.05) is 0 Å². The number of carbonyl (C=O) groups excluding carboxylic acids is 2. The molecule has 26 heavy (non-hydrogen) atoms. The number of carbonyl (C=O) groups is 2. The second kappa shape index (κ2) is 7.94. The lowest BCUT2D eigenvalue weighted by Gasteiger charge is -2.20. The number of hydrogen-bond donors (Lipinski definition) is 3. The normalized spacial score (nSPS) is 18.3. The highest BCUT2D eigenvalue weighted by Crippen LogP contribution is 2.27. The monoisotopic (exact) mass is 399 g/mol. The quantitative estimate of drug-likeness (QED) is 0.659. The predicted molar refractivity (Wildman–Crippen MR) is 97.0 cm³/mol. The minimum Gasteiger partial charge on any atom is -0.273 e. The van der Waals surface area contributed by atoms with Gasteiger partial charge in [0.25, 0.3) is 5.91 Å². The summed E-state index contributed by atoms with van der Waals surface area (Å²) >= 11 is 6.00. The van der Waals surface area contributed by atoms with Crippen LogP contribution in [0.15, 0.2) is 23.1 Å². The maximum atomic E-state index is 12.4. The average molecular weight is 400 g/mol. The smallest absolute Gasteiger partial charge is 0.269 e. The van der Waals surface area contributed by atoms with Gasteiger partial charge in [0.15, 0.2) is 0 Å². The third-order valence-corrected chi connectivity index (χ3v) is 6.66. The molecule has 2 aliphatic rings. The molecule has 0 heterocycles. The van der Waals surface area contributed by atoms with E-state index in [0.717, 1.165) is 44.9 Å². The summed E-state index contributed by atoms with van der Waals surface area (Å²) in [5.74, 6) is -0.892. The molecule has 3 N–H and O–H groups in total. The molecule has 0 aliphatic heterocycles. The van der Waals surface area contributed by atoms with Crippen LogP contribution in [-0.4, -0.2) is 26.3 Å². The van der Waals surface area contributed by atoms with Crippen molar-refractivity contribution in [1.82, 2.24) is 15.6 Å². The van der Waals surface area contributed by atoms with E-state index < -0.39 is 15.9 Å². The second-order valence-corrected chi connectivity index (χ2v) is 8.91. The van der Waals surface area contributed by atoms with E-state index in [1.807, 2.05) is 0 Å². The van der Waals surface area contributed by atoms with Gasteiger partial charge in [0.05, 0.1) is 5.02 Å². The Balaban J connectivity index is 1.65. The van der Waals surface area contributed by atoms with Gasteiger partial charge in [-0.15, -0.1) is 0 Å². The second-order valence-electron chi connectivity index (χ2n) is 6.82. The summed E-state index contributed by atoms with van der Waals surface area (Å²) < 4.78 is 27.2. The van der Waals surface area contributed by atoms with Crippen molar-refractivity contribution in [3.8, 4) is 0 Å². The molecule has 0 bridgehead atoms. The number of halogens is 1. The van der Waals surface area contributed by atoms with E-state index in [-0.39, 0.29) is 33.3 Å². The van der Waals surface area contributed by atoms with Crippen LogP contribution in [0.1, 0.15) is 55.3 Å². The number of hydrazine groups is 1. The number of hydrogen-bond acceptors (Lipinski definition) is 4. The maximum absolute atomic E-state index is 12.4. The Morgan fingerprint density at radius 1 is 1.00 bits per heavy atom. The van der Waals surface area contributed by atoms with E-state index in [9.17, 15) is 18.0 Å². The molecule has 0 unspecified atom stereocenters. The molecule has 3 rings (SSSR count). The molecular formula is C17H22ClN3O4S. The molecule has 2 amide bonds. The molecule has 2 saturated carbocycles. The van der Waals surface area contributed by atoms with Crippen molar-refractivity contribution < 1.29 is 18.0 Å². The standard InChI is InChI=1S/C17H22ClN3O4S/c18-14-9-6-12(10-15(14)26(24,25)21-13-7-8-13)17(23)20-19-16(22)11-4-2-1-3-5-11/h6,9-11,13,21H,1-5,7-8H2,(H,19,22)(H,20,23). The molecular weight excluding hydrogens is 378 g/mol. The first-order chi connectivity index (χ1) is 12.4. The summed E-state index contributed by atoms with van der Waals surface area (Å²) in [6.07, 6.45) is 6.38. The van der Waals surface area contributed by atoms with E-state index in [1.54, 1.807) is 0 Å². The van der Waals surface area contributed by atoms with E-state index in [1.165, 1.54) is 18.2 Å². The molecule has 0 aromatic heterocycles. The molecule has 0 radical (unpaired) electrons. The topological polar surface area (TPSA) is 104 Å². The number of amides is 2. The van der Waals surface area contributed by atoms with Crippen LogP contribution in [0.2, 0.25) is 5.02 Å². The largest absolute Gasteiger partial charge is 0.273 e. The Hall–Kier alpha value is -1.64. The van der Waals surface area contributed by atoms with Crippen LogP contribution in [-0.2, 0) is 14.8 Å². The van der Waals surface area contributed by atoms with Crippen LogP contribution < -0.4 is 15.6 Å². The van der Waals surface area contributed by atoms with Crippen molar-refractivity contribution in [2.24, 2.45) is 5.92 Å². The Morgan fingerprint density at radius 3 is 2.35 bits per heavy atom. The van der Waals surface area contributed by atoms with Gasteiger partial charge in [-0.2, -0.15) is 0 Å². The highest BCUT2D eigenvalue weighted by molar-refractivity contribution is 7.89. The molecule has 2 aliphatic carbocycles. The van der Waals surface area contributed by atoms with E-state index >= 15 is 0 Å². The summed E-state index contributed by atoms with van der Waals surface area (Å²) in [5.41, 5.74) is 4.89. The zero-order valence-corrected chi connectivity index (χ0v) is 15.8. The molecule has 1 aromatic carbocycles. The van der Waals surface area contributed by atoms with Crippen molar-refractivity contribution in [1.29, 1.82) is 0 Å². The van der Waals surface area contributed by atoms with Gasteiger partial charge in [-0.3, -0.25) is 20.4 Å². The van der Waals surface area contributed by atoms with Crippen LogP contribution >= 0.6 is 11.6 Å². The van der Waals surface area contributed by atoms with Crippen LogP contribution in [0.25, 0.3) is 0 Å². The highest BCUT2D eigenvalue weighted by Gasteiger charge is 2.30. The Morgan fingerprint density at radius 2 is 1.69 bits per heavy atom. The van der Waals surface area contributed by atoms with Gasteiger partial charge in [0.2, 0.25) is 15.9 Å². The first kappa shape index (κ1) is 19.1. The van der Waals surface area contributed by atoms with Crippen molar-refractivity contribution >= 4 is 33.4 Å². The van der Waals surface area contributed by atoms with Gasteiger partial charge in [-0.25, -0.2) is 13.1 Å². The number of benzene rings is 1. The minimum absolute atomic E-state index is 0.0425. The lowest BCUT2D eigenvalue weighted by molar-refractivity contribution is -0.126. The summed E-state index contributed by atoms with van der Waals surface area (Å²) in [5, 5.41) is 0.0425. The molecule has 1 aromatic rings. The van der Waals surface area contributed by atoms with Gasteiger partial charge in [0, 0.05) is 17.5 Å². The lowest BCUT2D eigenvalue weighted by atomic mass is 9.89. The van der Waals surface area contributed by atoms with Crippen LogP contribution in [0.3, 0.4) is 0 Å². The first-order valence-electron chi connectivity index (χ1n) is 8.79. The number of sulfonamides is 1. The summed E-state index contributed by atoms with van der Waals surface area (Å²) in [7, 11) is -3.78. The zero-order valence-electron chi connectivity index (χ0n) is 14.3. The predicted octanol–water partition coefficient (Wildman–Crippen LogP) is 2.12. The fraction of sp³-hybridized carbons (Fsp3) is 0.529. The first-order valence-corrected chi connectivity index (χ1v) is 10.6. The fourth-order valence-corrected chi connectivity index (χ4v) is 4.82. The van der Waals surface area contributed by atoms with Crippen LogP contribution in [0, 0.1) is 5.92 Å². The van der Waals surface area contributed by atoms with Gasteiger partial charge in [0.1, 0.15) is 4.90 Å². The molecule has 0 atom stereocenters. The van der Waals surface area contributed by atoms with E-state index in [2.05, 4.69) is 15.6 Å². The third-order valence-electron chi connectivity index (χ3n) is 4.66. The van der Waals surface area contributed by atoms with Crippen LogP contribution in [0.5, 0.6) is 0 Å². The van der Waals surface area contributed by atoms with Gasteiger partial charge in [-0.05, 0) is 43.9 Å². The third kappa shape index (κ3) is 4.75. The Kier molecular flexibility index (Phi) is 5.84. The van der Waals surface area contributed by atoms with Crippen molar-refractivity contribution in [2.45, 2.75) is 55.9 Å². The number of nitrogens with one attached hydrogen (secondary N) is 3. The van der Waals surface area contributed by atoms with Crippen molar-refractivity contribution in [3.05, 3.63) is 28.8 Å². The molecule has 0 saturated heterocycles. The Labute approximate surface area is 157 Å². The molecule has 7 nitrogen and oxygen atoms in total. The summed E-state index contributed by atoms with van der Waals surface area (Å²) in [6.45, 7) is 0. The van der Waals surface area contributed by atoms with E-state index in [4.69, 9.17) is 11.6 Å². The molecule has 142 valence electrons. The number of rotatable bonds is 5. The lowest BCUT2D eigenvalue weighted by Crippen LogP contribution is -2.45. The van der Waals surface area contributed by atoms with Gasteiger partial charge >= 0.3 is 0 Å². The van der Waals surface area contributed by atoms with Gasteiger partial charge < -0.3 is 0 Å². The fourth-order valence-electron chi connectivity index (χ4n) is 2.99. The summed E-state index contributed by atoms with van der Waals surface area (Å²) in [4.78, 5) is 24.2. The van der Waals surface area contributed by atoms with Crippen LogP contribution in [0.4, 0.5) is 0 Å². The molecule has 9 heteroatoms. The SMILES string of the molecule is O=C(NNC(=O)C1CCCCC1)c1ccc(Cl)c(S(=O)(=O)NC2CC2)c1.